The summed E-state index contributed by atoms with van der Waals surface area (Å²) < 4.78 is 39.6. The van der Waals surface area contributed by atoms with Crippen LogP contribution in [0.1, 0.15) is 24.2 Å². The number of nitrogens with one attached hydrogen (secondary N) is 1. The summed E-state index contributed by atoms with van der Waals surface area (Å²) in [4.78, 5) is 16.5. The van der Waals surface area contributed by atoms with Crippen LogP contribution in [0.2, 0.25) is 0 Å². The van der Waals surface area contributed by atoms with E-state index < -0.39 is 17.7 Å². The second-order valence-electron chi connectivity index (χ2n) is 5.79. The zero-order valence-electron chi connectivity index (χ0n) is 13.8. The number of thiazole rings is 1. The molecule has 0 saturated heterocycles. The van der Waals surface area contributed by atoms with Crippen molar-refractivity contribution in [2.45, 2.75) is 19.4 Å². The van der Waals surface area contributed by atoms with Crippen LogP contribution >= 0.6 is 11.3 Å². The van der Waals surface area contributed by atoms with E-state index in [1.165, 1.54) is 29.5 Å². The van der Waals surface area contributed by atoms with E-state index >= 15 is 0 Å². The van der Waals surface area contributed by atoms with Gasteiger partial charge in [-0.1, -0.05) is 18.2 Å². The fraction of sp³-hybridized carbons (Fsp3) is 0.158. The summed E-state index contributed by atoms with van der Waals surface area (Å²) in [6.07, 6.45) is 0.0415. The van der Waals surface area contributed by atoms with Crippen LogP contribution in [0.25, 0.3) is 10.6 Å². The highest BCUT2D eigenvalue weighted by molar-refractivity contribution is 7.13. The Balaban J connectivity index is 1.64. The van der Waals surface area contributed by atoms with Gasteiger partial charge in [-0.2, -0.15) is 0 Å². The molecule has 1 N–H and O–H groups in total. The van der Waals surface area contributed by atoms with Gasteiger partial charge in [-0.25, -0.2) is 18.2 Å². The van der Waals surface area contributed by atoms with Crippen LogP contribution in [0.3, 0.4) is 0 Å². The van der Waals surface area contributed by atoms with Gasteiger partial charge in [0.05, 0.1) is 18.2 Å². The quantitative estimate of drug-likeness (QED) is 0.704. The summed E-state index contributed by atoms with van der Waals surface area (Å²) in [5.74, 6) is -2.53. The number of halogens is 3. The number of amides is 1. The molecule has 1 aromatic heterocycles. The van der Waals surface area contributed by atoms with Crippen LogP contribution in [0.4, 0.5) is 13.2 Å². The summed E-state index contributed by atoms with van der Waals surface area (Å²) in [5, 5.41) is 5.09. The summed E-state index contributed by atoms with van der Waals surface area (Å²) in [5.41, 5.74) is 1.68. The number of carbonyl (C=O) groups excluding carboxylic acids is 1. The van der Waals surface area contributed by atoms with E-state index in [4.69, 9.17) is 0 Å². The Labute approximate surface area is 152 Å². The number of benzene rings is 2. The summed E-state index contributed by atoms with van der Waals surface area (Å²) in [6.45, 7) is 1.68. The van der Waals surface area contributed by atoms with Gasteiger partial charge >= 0.3 is 0 Å². The molecule has 0 aliphatic carbocycles. The molecular weight excluding hydrogens is 361 g/mol. The maximum absolute atomic E-state index is 13.3. The first-order valence-corrected chi connectivity index (χ1v) is 8.75. The molecule has 134 valence electrons. The highest BCUT2D eigenvalue weighted by Gasteiger charge is 2.14. The van der Waals surface area contributed by atoms with Gasteiger partial charge < -0.3 is 5.32 Å². The standard InChI is InChI=1S/C19H15F3N2OS/c1-11(12-5-6-16(21)17(22)8-12)23-18(25)9-15-10-26-19(24-15)13-3-2-4-14(20)7-13/h2-8,10-11H,9H2,1H3,(H,23,25). The van der Waals surface area contributed by atoms with Crippen LogP contribution in [0.15, 0.2) is 47.8 Å². The number of hydrogen-bond acceptors (Lipinski definition) is 3. The van der Waals surface area contributed by atoms with E-state index in [1.807, 2.05) is 0 Å². The number of rotatable bonds is 5. The van der Waals surface area contributed by atoms with E-state index in [0.29, 0.717) is 21.8 Å². The minimum atomic E-state index is -0.956. The largest absolute Gasteiger partial charge is 0.349 e. The zero-order valence-corrected chi connectivity index (χ0v) is 14.6. The molecule has 0 aliphatic rings. The van der Waals surface area contributed by atoms with Crippen LogP contribution in [0, 0.1) is 17.5 Å². The lowest BCUT2D eigenvalue weighted by molar-refractivity contribution is -0.121. The first-order valence-electron chi connectivity index (χ1n) is 7.87. The van der Waals surface area contributed by atoms with Gasteiger partial charge in [0.2, 0.25) is 5.91 Å². The minimum Gasteiger partial charge on any atom is -0.349 e. The van der Waals surface area contributed by atoms with Crippen LogP contribution in [-0.2, 0) is 11.2 Å². The van der Waals surface area contributed by atoms with E-state index in [9.17, 15) is 18.0 Å². The fourth-order valence-electron chi connectivity index (χ4n) is 2.46. The summed E-state index contributed by atoms with van der Waals surface area (Å²) in [6, 6.07) is 9.12. The molecule has 0 aliphatic heterocycles. The number of carbonyl (C=O) groups is 1. The van der Waals surface area contributed by atoms with Gasteiger partial charge in [0.25, 0.3) is 0 Å². The molecule has 3 aromatic rings. The number of hydrogen-bond donors (Lipinski definition) is 1. The van der Waals surface area contributed by atoms with Crippen molar-refractivity contribution in [1.29, 1.82) is 0 Å². The predicted octanol–water partition coefficient (Wildman–Crippen LogP) is 4.65. The molecule has 1 heterocycles. The minimum absolute atomic E-state index is 0.0415. The zero-order chi connectivity index (χ0) is 18.7. The fourth-order valence-corrected chi connectivity index (χ4v) is 3.28. The van der Waals surface area contributed by atoms with Crippen molar-refractivity contribution < 1.29 is 18.0 Å². The number of nitrogens with zero attached hydrogens (tertiary/aromatic N) is 1. The third-order valence-corrected chi connectivity index (χ3v) is 4.73. The van der Waals surface area contributed by atoms with E-state index in [1.54, 1.807) is 24.4 Å². The molecule has 1 unspecified atom stereocenters. The highest BCUT2D eigenvalue weighted by Crippen LogP contribution is 2.24. The number of aromatic nitrogens is 1. The molecule has 0 spiro atoms. The van der Waals surface area contributed by atoms with Gasteiger partial charge in [-0.15, -0.1) is 11.3 Å². The molecule has 2 aromatic carbocycles. The molecule has 1 atom stereocenters. The molecule has 3 rings (SSSR count). The average Bonchev–Trinajstić information content (AvgIpc) is 3.05. The van der Waals surface area contributed by atoms with E-state index in [-0.39, 0.29) is 18.1 Å². The first kappa shape index (κ1) is 18.1. The second-order valence-corrected chi connectivity index (χ2v) is 6.65. The molecule has 0 radical (unpaired) electrons. The lowest BCUT2D eigenvalue weighted by Gasteiger charge is -2.14. The third kappa shape index (κ3) is 4.29. The Kier molecular flexibility index (Phi) is 5.37. The monoisotopic (exact) mass is 376 g/mol. The van der Waals surface area contributed by atoms with Gasteiger partial charge in [-0.3, -0.25) is 4.79 Å². The molecular formula is C19H15F3N2OS. The smallest absolute Gasteiger partial charge is 0.226 e. The van der Waals surface area contributed by atoms with Gasteiger partial charge in [-0.05, 0) is 36.8 Å². The SMILES string of the molecule is CC(NC(=O)Cc1csc(-c2cccc(F)c2)n1)c1ccc(F)c(F)c1. The topological polar surface area (TPSA) is 42.0 Å². The lowest BCUT2D eigenvalue weighted by Crippen LogP contribution is -2.28. The first-order chi connectivity index (χ1) is 12.4. The Morgan fingerprint density at radius 1 is 1.15 bits per heavy atom. The van der Waals surface area contributed by atoms with Gasteiger partial charge in [0, 0.05) is 10.9 Å². The van der Waals surface area contributed by atoms with Crippen molar-refractivity contribution in [2.24, 2.45) is 0 Å². The van der Waals surface area contributed by atoms with Crippen molar-refractivity contribution in [2.75, 3.05) is 0 Å². The van der Waals surface area contributed by atoms with Crippen molar-refractivity contribution >= 4 is 17.2 Å². The molecule has 26 heavy (non-hydrogen) atoms. The Morgan fingerprint density at radius 3 is 2.69 bits per heavy atom. The van der Waals surface area contributed by atoms with Gasteiger partial charge in [0.15, 0.2) is 11.6 Å². The van der Waals surface area contributed by atoms with Crippen LogP contribution in [0.5, 0.6) is 0 Å². The average molecular weight is 376 g/mol. The predicted molar refractivity (Wildman–Crippen MR) is 94.1 cm³/mol. The van der Waals surface area contributed by atoms with Crippen LogP contribution < -0.4 is 5.32 Å². The lowest BCUT2D eigenvalue weighted by atomic mass is 10.1. The van der Waals surface area contributed by atoms with E-state index in [2.05, 4.69) is 10.3 Å². The summed E-state index contributed by atoms with van der Waals surface area (Å²) >= 11 is 1.32. The molecule has 0 saturated carbocycles. The molecule has 0 fully saturated rings. The van der Waals surface area contributed by atoms with Crippen molar-refractivity contribution in [1.82, 2.24) is 10.3 Å². The van der Waals surface area contributed by atoms with Gasteiger partial charge in [0.1, 0.15) is 10.8 Å². The highest BCUT2D eigenvalue weighted by atomic mass is 32.1. The second kappa shape index (κ2) is 7.70. The maximum atomic E-state index is 13.3. The van der Waals surface area contributed by atoms with Crippen LogP contribution in [-0.4, -0.2) is 10.9 Å². The molecule has 0 bridgehead atoms. The summed E-state index contributed by atoms with van der Waals surface area (Å²) in [7, 11) is 0. The Hall–Kier alpha value is -2.67. The molecule has 3 nitrogen and oxygen atoms in total. The Morgan fingerprint density at radius 2 is 1.96 bits per heavy atom. The van der Waals surface area contributed by atoms with E-state index in [0.717, 1.165) is 12.1 Å². The normalized spacial score (nSPS) is 12.0. The molecule has 7 heteroatoms. The third-order valence-electron chi connectivity index (χ3n) is 3.79. The van der Waals surface area contributed by atoms with Crippen molar-refractivity contribution in [3.63, 3.8) is 0 Å². The van der Waals surface area contributed by atoms with Crippen molar-refractivity contribution in [3.05, 3.63) is 76.6 Å². The Bertz CT molecular complexity index is 942. The maximum Gasteiger partial charge on any atom is 0.226 e. The van der Waals surface area contributed by atoms with Crippen molar-refractivity contribution in [3.8, 4) is 10.6 Å². The molecule has 1 amide bonds.